The predicted molar refractivity (Wildman–Crippen MR) is 113 cm³/mol. The molecule has 1 atom stereocenters. The highest BCUT2D eigenvalue weighted by Crippen LogP contribution is 2.28. The first-order chi connectivity index (χ1) is 15.0. The third-order valence-corrected chi connectivity index (χ3v) is 5.13. The van der Waals surface area contributed by atoms with Gasteiger partial charge in [-0.15, -0.1) is 0 Å². The molecule has 1 aromatic carbocycles. The number of aliphatic hydroxyl groups is 1. The fourth-order valence-electron chi connectivity index (χ4n) is 3.76. The van der Waals surface area contributed by atoms with Crippen molar-refractivity contribution in [3.63, 3.8) is 0 Å². The predicted octanol–water partition coefficient (Wildman–Crippen LogP) is 3.41. The number of aromatic nitrogens is 6. The zero-order chi connectivity index (χ0) is 21.5. The van der Waals surface area contributed by atoms with Gasteiger partial charge in [-0.2, -0.15) is 4.98 Å². The normalized spacial score (nSPS) is 12.5. The first-order valence-electron chi connectivity index (χ1n) is 9.70. The van der Waals surface area contributed by atoms with Crippen molar-refractivity contribution in [1.29, 1.82) is 0 Å². The summed E-state index contributed by atoms with van der Waals surface area (Å²) in [5, 5.41) is 10.3. The van der Waals surface area contributed by atoms with Gasteiger partial charge in [0, 0.05) is 12.7 Å². The standard InChI is InChI=1S/C22H19FN6O2/c1-13(30)21-27-20-18(29(21)11-14-4-3-5-15(23)8-14)9-16(10-24-20)28-7-6-17-19(28)22(31-2)26-12-25-17/h3-10,12-13,30H,11H2,1-2H3. The molecule has 0 saturated heterocycles. The number of benzene rings is 1. The van der Waals surface area contributed by atoms with Crippen LogP contribution in [0.4, 0.5) is 4.39 Å². The van der Waals surface area contributed by atoms with E-state index in [0.29, 0.717) is 23.9 Å². The van der Waals surface area contributed by atoms with Gasteiger partial charge in [0.05, 0.1) is 30.0 Å². The summed E-state index contributed by atoms with van der Waals surface area (Å²) < 4.78 is 22.9. The Balaban J connectivity index is 1.69. The summed E-state index contributed by atoms with van der Waals surface area (Å²) in [4.78, 5) is 17.5. The van der Waals surface area contributed by atoms with Crippen molar-refractivity contribution in [3.05, 3.63) is 72.3 Å². The molecule has 9 heteroatoms. The van der Waals surface area contributed by atoms with Gasteiger partial charge in [-0.1, -0.05) is 12.1 Å². The minimum atomic E-state index is -0.813. The van der Waals surface area contributed by atoms with Crippen LogP contribution in [0.1, 0.15) is 24.4 Å². The Kier molecular flexibility index (Phi) is 4.59. The van der Waals surface area contributed by atoms with Crippen LogP contribution in [0.5, 0.6) is 5.88 Å². The van der Waals surface area contributed by atoms with E-state index in [9.17, 15) is 9.50 Å². The molecule has 8 nitrogen and oxygen atoms in total. The highest BCUT2D eigenvalue weighted by atomic mass is 19.1. The minimum absolute atomic E-state index is 0.315. The van der Waals surface area contributed by atoms with Crippen molar-refractivity contribution >= 4 is 22.2 Å². The van der Waals surface area contributed by atoms with Crippen LogP contribution < -0.4 is 4.74 Å². The molecule has 4 heterocycles. The number of methoxy groups -OCH3 is 1. The van der Waals surface area contributed by atoms with E-state index in [1.54, 1.807) is 26.3 Å². The van der Waals surface area contributed by atoms with Gasteiger partial charge < -0.3 is 19.0 Å². The lowest BCUT2D eigenvalue weighted by atomic mass is 10.2. The molecule has 0 radical (unpaired) electrons. The van der Waals surface area contributed by atoms with Crippen LogP contribution in [0.15, 0.2) is 55.1 Å². The molecule has 0 bridgehead atoms. The first-order valence-corrected chi connectivity index (χ1v) is 9.70. The highest BCUT2D eigenvalue weighted by Gasteiger charge is 2.18. The number of fused-ring (bicyclic) bond motifs is 2. The Hall–Kier alpha value is -3.85. The minimum Gasteiger partial charge on any atom is -0.479 e. The van der Waals surface area contributed by atoms with Crippen LogP contribution in [-0.4, -0.2) is 41.3 Å². The summed E-state index contributed by atoms with van der Waals surface area (Å²) in [6, 6.07) is 10.2. The fourth-order valence-corrected chi connectivity index (χ4v) is 3.76. The second kappa shape index (κ2) is 7.44. The molecule has 4 aromatic heterocycles. The maximum Gasteiger partial charge on any atom is 0.241 e. The van der Waals surface area contributed by atoms with Crippen molar-refractivity contribution in [2.75, 3.05) is 7.11 Å². The van der Waals surface area contributed by atoms with Crippen LogP contribution in [0, 0.1) is 5.82 Å². The Morgan fingerprint density at radius 2 is 2.03 bits per heavy atom. The lowest BCUT2D eigenvalue weighted by Gasteiger charge is -2.12. The van der Waals surface area contributed by atoms with Gasteiger partial charge in [0.2, 0.25) is 5.88 Å². The number of imidazole rings is 1. The molecule has 156 valence electrons. The fraction of sp³-hybridized carbons (Fsp3) is 0.182. The zero-order valence-electron chi connectivity index (χ0n) is 16.9. The Morgan fingerprint density at radius 3 is 2.81 bits per heavy atom. The molecule has 0 amide bonds. The van der Waals surface area contributed by atoms with E-state index in [2.05, 4.69) is 19.9 Å². The first kappa shape index (κ1) is 19.1. The van der Waals surface area contributed by atoms with Crippen molar-refractivity contribution < 1.29 is 14.2 Å². The molecule has 0 spiro atoms. The van der Waals surface area contributed by atoms with Gasteiger partial charge in [0.25, 0.3) is 0 Å². The topological polar surface area (TPSA) is 90.9 Å². The molecule has 5 aromatic rings. The molecule has 0 aliphatic carbocycles. The average Bonchev–Trinajstić information content (AvgIpc) is 3.35. The lowest BCUT2D eigenvalue weighted by Crippen LogP contribution is -2.08. The van der Waals surface area contributed by atoms with E-state index in [-0.39, 0.29) is 5.82 Å². The van der Waals surface area contributed by atoms with Gasteiger partial charge in [-0.05, 0) is 36.8 Å². The Bertz CT molecular complexity index is 1410. The van der Waals surface area contributed by atoms with E-state index in [1.807, 2.05) is 33.5 Å². The molecule has 1 N–H and O–H groups in total. The maximum atomic E-state index is 13.7. The van der Waals surface area contributed by atoms with E-state index < -0.39 is 6.10 Å². The molecular weight excluding hydrogens is 399 g/mol. The number of halogens is 1. The monoisotopic (exact) mass is 418 g/mol. The number of hydrogen-bond acceptors (Lipinski definition) is 6. The van der Waals surface area contributed by atoms with Crippen LogP contribution in [0.25, 0.3) is 27.9 Å². The summed E-state index contributed by atoms with van der Waals surface area (Å²) in [6.45, 7) is 1.99. The third-order valence-electron chi connectivity index (χ3n) is 5.13. The Morgan fingerprint density at radius 1 is 1.16 bits per heavy atom. The highest BCUT2D eigenvalue weighted by molar-refractivity contribution is 5.83. The molecule has 31 heavy (non-hydrogen) atoms. The molecular formula is C22H19FN6O2. The van der Waals surface area contributed by atoms with E-state index in [4.69, 9.17) is 4.74 Å². The third kappa shape index (κ3) is 3.28. The van der Waals surface area contributed by atoms with Gasteiger partial charge in [-0.25, -0.2) is 19.3 Å². The lowest BCUT2D eigenvalue weighted by molar-refractivity contribution is 0.185. The van der Waals surface area contributed by atoms with Gasteiger partial charge in [0.1, 0.15) is 29.6 Å². The molecule has 0 aliphatic heterocycles. The summed E-state index contributed by atoms with van der Waals surface area (Å²) in [6.07, 6.45) is 4.20. The summed E-state index contributed by atoms with van der Waals surface area (Å²) in [5.74, 6) is 0.598. The molecule has 0 saturated carbocycles. The number of hydrogen-bond donors (Lipinski definition) is 1. The van der Waals surface area contributed by atoms with Crippen LogP contribution in [-0.2, 0) is 6.54 Å². The number of nitrogens with zero attached hydrogens (tertiary/aromatic N) is 6. The largest absolute Gasteiger partial charge is 0.479 e. The number of ether oxygens (including phenoxy) is 1. The van der Waals surface area contributed by atoms with Crippen LogP contribution >= 0.6 is 0 Å². The number of rotatable bonds is 5. The summed E-state index contributed by atoms with van der Waals surface area (Å²) in [7, 11) is 1.56. The van der Waals surface area contributed by atoms with E-state index in [1.165, 1.54) is 18.5 Å². The quantitative estimate of drug-likeness (QED) is 0.470. The smallest absolute Gasteiger partial charge is 0.241 e. The van der Waals surface area contributed by atoms with Gasteiger partial charge >= 0.3 is 0 Å². The average molecular weight is 418 g/mol. The molecule has 1 unspecified atom stereocenters. The molecule has 0 fully saturated rings. The van der Waals surface area contributed by atoms with Crippen molar-refractivity contribution in [2.24, 2.45) is 0 Å². The SMILES string of the molecule is COc1ncnc2ccn(-c3cnc4nc(C(C)O)n(Cc5cccc(F)c5)c4c3)c12. The molecule has 5 rings (SSSR count). The molecule has 0 aliphatic rings. The van der Waals surface area contributed by atoms with Crippen molar-refractivity contribution in [1.82, 2.24) is 29.1 Å². The number of aliphatic hydroxyl groups excluding tert-OH is 1. The Labute approximate surface area is 176 Å². The second-order valence-electron chi connectivity index (χ2n) is 7.20. The second-order valence-corrected chi connectivity index (χ2v) is 7.20. The van der Waals surface area contributed by atoms with Crippen LogP contribution in [0.3, 0.4) is 0 Å². The van der Waals surface area contributed by atoms with E-state index >= 15 is 0 Å². The maximum absolute atomic E-state index is 13.7. The van der Waals surface area contributed by atoms with Gasteiger partial charge in [-0.3, -0.25) is 0 Å². The summed E-state index contributed by atoms with van der Waals surface area (Å²) >= 11 is 0. The number of pyridine rings is 1. The van der Waals surface area contributed by atoms with Crippen LogP contribution in [0.2, 0.25) is 0 Å². The summed E-state index contributed by atoms with van der Waals surface area (Å²) in [5.41, 5.74) is 4.19. The van der Waals surface area contributed by atoms with Gasteiger partial charge in [0.15, 0.2) is 5.65 Å². The zero-order valence-corrected chi connectivity index (χ0v) is 16.9. The van der Waals surface area contributed by atoms with Crippen molar-refractivity contribution in [2.45, 2.75) is 19.6 Å². The van der Waals surface area contributed by atoms with E-state index in [0.717, 1.165) is 27.8 Å². The van der Waals surface area contributed by atoms with Crippen molar-refractivity contribution in [3.8, 4) is 11.6 Å².